The molecule has 0 aromatic heterocycles. The maximum Gasteiger partial charge on any atom is 0.107 e. The van der Waals surface area contributed by atoms with Crippen molar-refractivity contribution in [1.82, 2.24) is 0 Å². The van der Waals surface area contributed by atoms with Crippen LogP contribution in [0, 0.1) is 0 Å². The Labute approximate surface area is 71.3 Å². The molecule has 11 heavy (non-hydrogen) atoms. The van der Waals surface area contributed by atoms with E-state index in [1.165, 1.54) is 0 Å². The number of hydrogen-bond donors (Lipinski definition) is 2. The van der Waals surface area contributed by atoms with Crippen LogP contribution >= 0.6 is 11.6 Å². The second-order valence-corrected chi connectivity index (χ2v) is 3.43. The third-order valence-electron chi connectivity index (χ3n) is 1.93. The highest BCUT2D eigenvalue weighted by Gasteiger charge is 2.36. The molecular formula is C8H12ClNO. The Hall–Kier alpha value is -0.310. The zero-order chi connectivity index (χ0) is 8.48. The Balaban J connectivity index is 2.85. The van der Waals surface area contributed by atoms with Crippen molar-refractivity contribution in [3.05, 3.63) is 24.3 Å². The standard InChI is InChI=1S/C8H12ClNO/c1-6(11)8(9)5-3-2-4-7(8)10/h2-7,11H,10H2,1H3. The Morgan fingerprint density at radius 2 is 2.27 bits per heavy atom. The number of aliphatic hydroxyl groups excluding tert-OH is 1. The zero-order valence-electron chi connectivity index (χ0n) is 6.37. The average molecular weight is 174 g/mol. The molecule has 0 saturated carbocycles. The fourth-order valence-corrected chi connectivity index (χ4v) is 1.21. The normalized spacial score (nSPS) is 39.1. The van der Waals surface area contributed by atoms with Crippen LogP contribution in [-0.4, -0.2) is 22.1 Å². The fourth-order valence-electron chi connectivity index (χ4n) is 1.06. The summed E-state index contributed by atoms with van der Waals surface area (Å²) in [6, 6.07) is -0.311. The summed E-state index contributed by atoms with van der Waals surface area (Å²) >= 11 is 6.05. The summed E-state index contributed by atoms with van der Waals surface area (Å²) in [5, 5.41) is 9.31. The molecule has 3 unspecified atom stereocenters. The van der Waals surface area contributed by atoms with Crippen LogP contribution in [0.3, 0.4) is 0 Å². The molecule has 0 aliphatic heterocycles. The summed E-state index contributed by atoms with van der Waals surface area (Å²) in [4.78, 5) is -0.825. The molecule has 3 heteroatoms. The van der Waals surface area contributed by atoms with Gasteiger partial charge in [-0.1, -0.05) is 24.3 Å². The second-order valence-electron chi connectivity index (χ2n) is 2.77. The van der Waals surface area contributed by atoms with Gasteiger partial charge in [0.15, 0.2) is 0 Å². The van der Waals surface area contributed by atoms with E-state index < -0.39 is 11.0 Å². The first kappa shape index (κ1) is 8.78. The van der Waals surface area contributed by atoms with E-state index in [1.54, 1.807) is 25.2 Å². The van der Waals surface area contributed by atoms with E-state index in [0.29, 0.717) is 0 Å². The number of rotatable bonds is 1. The van der Waals surface area contributed by atoms with E-state index in [9.17, 15) is 5.11 Å². The van der Waals surface area contributed by atoms with Crippen LogP contribution in [-0.2, 0) is 0 Å². The molecule has 0 bridgehead atoms. The lowest BCUT2D eigenvalue weighted by molar-refractivity contribution is 0.155. The van der Waals surface area contributed by atoms with Crippen molar-refractivity contribution in [2.24, 2.45) is 5.73 Å². The van der Waals surface area contributed by atoms with Gasteiger partial charge in [-0.3, -0.25) is 0 Å². The van der Waals surface area contributed by atoms with E-state index in [2.05, 4.69) is 0 Å². The molecule has 3 atom stereocenters. The van der Waals surface area contributed by atoms with Gasteiger partial charge in [0.05, 0.1) is 6.10 Å². The number of halogens is 1. The second kappa shape index (κ2) is 2.97. The molecule has 0 fully saturated rings. The number of allylic oxidation sites excluding steroid dienone is 2. The first-order valence-electron chi connectivity index (χ1n) is 3.56. The Morgan fingerprint density at radius 3 is 2.64 bits per heavy atom. The quantitative estimate of drug-likeness (QED) is 0.577. The molecule has 1 rings (SSSR count). The number of nitrogens with two attached hydrogens (primary N) is 1. The fraction of sp³-hybridized carbons (Fsp3) is 0.500. The smallest absolute Gasteiger partial charge is 0.107 e. The van der Waals surface area contributed by atoms with E-state index in [1.807, 2.05) is 6.08 Å². The van der Waals surface area contributed by atoms with E-state index in [0.717, 1.165) is 0 Å². The molecule has 0 saturated heterocycles. The highest BCUT2D eigenvalue weighted by atomic mass is 35.5. The molecule has 0 amide bonds. The Bertz CT molecular complexity index is 200. The minimum Gasteiger partial charge on any atom is -0.391 e. The van der Waals surface area contributed by atoms with E-state index in [-0.39, 0.29) is 6.04 Å². The summed E-state index contributed by atoms with van der Waals surface area (Å²) in [6.07, 6.45) is 6.49. The third kappa shape index (κ3) is 1.48. The first-order valence-corrected chi connectivity index (χ1v) is 3.94. The van der Waals surface area contributed by atoms with Crippen molar-refractivity contribution in [3.63, 3.8) is 0 Å². The molecule has 3 N–H and O–H groups in total. The number of aliphatic hydroxyl groups is 1. The predicted octanol–water partition coefficient (Wildman–Crippen LogP) is 0.798. The van der Waals surface area contributed by atoms with Gasteiger partial charge in [-0.25, -0.2) is 0 Å². The lowest BCUT2D eigenvalue weighted by Crippen LogP contribution is -2.49. The van der Waals surface area contributed by atoms with Gasteiger partial charge < -0.3 is 10.8 Å². The molecule has 0 aromatic rings. The van der Waals surface area contributed by atoms with Crippen LogP contribution in [0.25, 0.3) is 0 Å². The SMILES string of the molecule is CC(O)C1(Cl)C=CC=CC1N. The van der Waals surface area contributed by atoms with Crippen LogP contribution in [0.5, 0.6) is 0 Å². The van der Waals surface area contributed by atoms with Crippen molar-refractivity contribution in [1.29, 1.82) is 0 Å². The lowest BCUT2D eigenvalue weighted by Gasteiger charge is -2.32. The van der Waals surface area contributed by atoms with Gasteiger partial charge in [0.1, 0.15) is 4.87 Å². The Morgan fingerprint density at radius 1 is 1.64 bits per heavy atom. The molecule has 0 radical (unpaired) electrons. The molecule has 0 aromatic carbocycles. The summed E-state index contributed by atoms with van der Waals surface area (Å²) < 4.78 is 0. The predicted molar refractivity (Wildman–Crippen MR) is 46.5 cm³/mol. The van der Waals surface area contributed by atoms with Crippen molar-refractivity contribution in [3.8, 4) is 0 Å². The van der Waals surface area contributed by atoms with Crippen LogP contribution in [0.1, 0.15) is 6.92 Å². The first-order chi connectivity index (χ1) is 5.07. The average Bonchev–Trinajstić information content (AvgIpc) is 1.95. The summed E-state index contributed by atoms with van der Waals surface area (Å²) in [5.74, 6) is 0. The molecule has 1 aliphatic carbocycles. The minimum atomic E-state index is -0.825. The number of alkyl halides is 1. The van der Waals surface area contributed by atoms with Gasteiger partial charge in [-0.05, 0) is 6.92 Å². The largest absolute Gasteiger partial charge is 0.391 e. The van der Waals surface area contributed by atoms with Crippen molar-refractivity contribution in [2.45, 2.75) is 23.9 Å². The van der Waals surface area contributed by atoms with Crippen molar-refractivity contribution < 1.29 is 5.11 Å². The van der Waals surface area contributed by atoms with Crippen LogP contribution < -0.4 is 5.73 Å². The third-order valence-corrected chi connectivity index (χ3v) is 2.63. The highest BCUT2D eigenvalue weighted by Crippen LogP contribution is 2.28. The highest BCUT2D eigenvalue weighted by molar-refractivity contribution is 6.26. The van der Waals surface area contributed by atoms with E-state index in [4.69, 9.17) is 17.3 Å². The zero-order valence-corrected chi connectivity index (χ0v) is 7.12. The van der Waals surface area contributed by atoms with Crippen molar-refractivity contribution >= 4 is 11.6 Å². The van der Waals surface area contributed by atoms with Gasteiger partial charge in [0.25, 0.3) is 0 Å². The molecule has 62 valence electrons. The summed E-state index contributed by atoms with van der Waals surface area (Å²) in [5.41, 5.74) is 5.68. The molecular weight excluding hydrogens is 162 g/mol. The minimum absolute atomic E-state index is 0.311. The molecule has 0 heterocycles. The monoisotopic (exact) mass is 173 g/mol. The van der Waals surface area contributed by atoms with Gasteiger partial charge in [0.2, 0.25) is 0 Å². The van der Waals surface area contributed by atoms with Gasteiger partial charge >= 0.3 is 0 Å². The van der Waals surface area contributed by atoms with Crippen LogP contribution in [0.15, 0.2) is 24.3 Å². The maximum atomic E-state index is 9.31. The maximum absolute atomic E-state index is 9.31. The van der Waals surface area contributed by atoms with Gasteiger partial charge in [-0.15, -0.1) is 11.6 Å². The van der Waals surface area contributed by atoms with Crippen LogP contribution in [0.4, 0.5) is 0 Å². The molecule has 1 aliphatic rings. The lowest BCUT2D eigenvalue weighted by atomic mass is 9.90. The Kier molecular flexibility index (Phi) is 2.37. The molecule has 2 nitrogen and oxygen atoms in total. The summed E-state index contributed by atoms with van der Waals surface area (Å²) in [6.45, 7) is 1.64. The topological polar surface area (TPSA) is 46.2 Å². The van der Waals surface area contributed by atoms with Gasteiger partial charge in [0, 0.05) is 6.04 Å². The number of hydrogen-bond acceptors (Lipinski definition) is 2. The molecule has 0 spiro atoms. The van der Waals surface area contributed by atoms with Crippen LogP contribution in [0.2, 0.25) is 0 Å². The van der Waals surface area contributed by atoms with Crippen molar-refractivity contribution in [2.75, 3.05) is 0 Å². The van der Waals surface area contributed by atoms with E-state index >= 15 is 0 Å². The van der Waals surface area contributed by atoms with Gasteiger partial charge in [-0.2, -0.15) is 0 Å². The summed E-state index contributed by atoms with van der Waals surface area (Å²) in [7, 11) is 0.